The summed E-state index contributed by atoms with van der Waals surface area (Å²) in [6.45, 7) is 2.22. The maximum atomic E-state index is 12.0. The summed E-state index contributed by atoms with van der Waals surface area (Å²) in [4.78, 5) is 12.0. The van der Waals surface area contributed by atoms with E-state index in [0.29, 0.717) is 17.8 Å². The van der Waals surface area contributed by atoms with Gasteiger partial charge in [-0.1, -0.05) is 24.3 Å². The number of nitrogens with one attached hydrogen (secondary N) is 1. The number of amides is 1. The molecule has 0 aromatic heterocycles. The average molecular weight is 256 g/mol. The molecule has 2 aromatic carbocycles. The number of anilines is 1. The fraction of sp³-hybridized carbons (Fsp3) is 0.133. The van der Waals surface area contributed by atoms with Crippen LogP contribution in [0.15, 0.2) is 42.5 Å². The number of carbonyl (C=O) groups is 1. The van der Waals surface area contributed by atoms with Gasteiger partial charge in [-0.3, -0.25) is 4.79 Å². The number of phenolic OH excluding ortho intramolecular Hbond substituents is 1. The summed E-state index contributed by atoms with van der Waals surface area (Å²) in [6.07, 6.45) is 0. The number of phenols is 1. The van der Waals surface area contributed by atoms with E-state index in [9.17, 15) is 9.90 Å². The van der Waals surface area contributed by atoms with Gasteiger partial charge in [0.2, 0.25) is 0 Å². The Kier molecular flexibility index (Phi) is 3.82. The van der Waals surface area contributed by atoms with Crippen molar-refractivity contribution < 1.29 is 9.90 Å². The minimum atomic E-state index is -0.332. The van der Waals surface area contributed by atoms with Crippen molar-refractivity contribution in [1.82, 2.24) is 0 Å². The Morgan fingerprint density at radius 3 is 2.53 bits per heavy atom. The van der Waals surface area contributed by atoms with Crippen LogP contribution in [-0.4, -0.2) is 11.0 Å². The van der Waals surface area contributed by atoms with Crippen molar-refractivity contribution in [2.24, 2.45) is 5.73 Å². The molecule has 0 heterocycles. The number of carbonyl (C=O) groups excluding carboxylic acids is 1. The third-order valence-corrected chi connectivity index (χ3v) is 2.93. The molecule has 4 N–H and O–H groups in total. The molecule has 0 aliphatic heterocycles. The zero-order valence-corrected chi connectivity index (χ0v) is 10.7. The van der Waals surface area contributed by atoms with Gasteiger partial charge in [0.25, 0.3) is 5.91 Å². The van der Waals surface area contributed by atoms with Crippen molar-refractivity contribution in [3.05, 3.63) is 59.2 Å². The highest BCUT2D eigenvalue weighted by Crippen LogP contribution is 2.22. The summed E-state index contributed by atoms with van der Waals surface area (Å²) in [5, 5.41) is 12.6. The average Bonchev–Trinajstić information content (AvgIpc) is 2.42. The lowest BCUT2D eigenvalue weighted by Gasteiger charge is -2.08. The van der Waals surface area contributed by atoms with E-state index >= 15 is 0 Å². The zero-order chi connectivity index (χ0) is 13.8. The van der Waals surface area contributed by atoms with Crippen LogP contribution in [0.3, 0.4) is 0 Å². The van der Waals surface area contributed by atoms with Crippen molar-refractivity contribution in [3.63, 3.8) is 0 Å². The summed E-state index contributed by atoms with van der Waals surface area (Å²) in [5.74, 6) is -0.319. The van der Waals surface area contributed by atoms with Gasteiger partial charge in [-0.05, 0) is 36.2 Å². The van der Waals surface area contributed by atoms with Gasteiger partial charge in [-0.25, -0.2) is 0 Å². The van der Waals surface area contributed by atoms with Gasteiger partial charge in [0, 0.05) is 12.2 Å². The Balaban J connectivity index is 2.18. The SMILES string of the molecule is Cc1cccc(C(=O)Nc2ccc(CN)cc2)c1O. The molecular weight excluding hydrogens is 240 g/mol. The number of rotatable bonds is 3. The van der Waals surface area contributed by atoms with Gasteiger partial charge in [0.15, 0.2) is 0 Å². The lowest BCUT2D eigenvalue weighted by atomic mass is 10.1. The molecule has 0 aliphatic carbocycles. The molecule has 19 heavy (non-hydrogen) atoms. The third-order valence-electron chi connectivity index (χ3n) is 2.93. The fourth-order valence-electron chi connectivity index (χ4n) is 1.76. The highest BCUT2D eigenvalue weighted by Gasteiger charge is 2.12. The number of para-hydroxylation sites is 1. The summed E-state index contributed by atoms with van der Waals surface area (Å²) >= 11 is 0. The Hall–Kier alpha value is -2.33. The lowest BCUT2D eigenvalue weighted by Crippen LogP contribution is -2.12. The minimum Gasteiger partial charge on any atom is -0.507 e. The molecular formula is C15H16N2O2. The first kappa shape index (κ1) is 13.1. The van der Waals surface area contributed by atoms with Gasteiger partial charge in [-0.15, -0.1) is 0 Å². The molecule has 0 atom stereocenters. The number of aromatic hydroxyl groups is 1. The van der Waals surface area contributed by atoms with Crippen LogP contribution in [0.2, 0.25) is 0 Å². The molecule has 0 saturated carbocycles. The topological polar surface area (TPSA) is 75.4 Å². The van der Waals surface area contributed by atoms with E-state index in [4.69, 9.17) is 5.73 Å². The number of benzene rings is 2. The second-order valence-corrected chi connectivity index (χ2v) is 4.33. The van der Waals surface area contributed by atoms with Crippen LogP contribution in [0.5, 0.6) is 5.75 Å². The van der Waals surface area contributed by atoms with Crippen LogP contribution >= 0.6 is 0 Å². The van der Waals surface area contributed by atoms with Crippen LogP contribution in [-0.2, 0) is 6.54 Å². The second kappa shape index (κ2) is 5.54. The molecule has 0 fully saturated rings. The Labute approximate surface area is 111 Å². The first-order chi connectivity index (χ1) is 9.11. The molecule has 0 saturated heterocycles. The van der Waals surface area contributed by atoms with E-state index in [-0.39, 0.29) is 17.2 Å². The molecule has 98 valence electrons. The summed E-state index contributed by atoms with van der Waals surface area (Å²) < 4.78 is 0. The van der Waals surface area contributed by atoms with E-state index in [1.165, 1.54) is 0 Å². The quantitative estimate of drug-likeness (QED) is 0.789. The van der Waals surface area contributed by atoms with E-state index in [1.807, 2.05) is 12.1 Å². The number of aryl methyl sites for hydroxylation is 1. The van der Waals surface area contributed by atoms with Gasteiger partial charge in [0.1, 0.15) is 5.75 Å². The second-order valence-electron chi connectivity index (χ2n) is 4.33. The molecule has 0 radical (unpaired) electrons. The monoisotopic (exact) mass is 256 g/mol. The van der Waals surface area contributed by atoms with Gasteiger partial charge >= 0.3 is 0 Å². The molecule has 0 bridgehead atoms. The van der Waals surface area contributed by atoms with Crippen LogP contribution in [0.1, 0.15) is 21.5 Å². The molecule has 2 aromatic rings. The van der Waals surface area contributed by atoms with Crippen LogP contribution < -0.4 is 11.1 Å². The molecule has 0 spiro atoms. The summed E-state index contributed by atoms with van der Waals surface area (Å²) in [5.41, 5.74) is 8.11. The Morgan fingerprint density at radius 1 is 1.21 bits per heavy atom. The predicted octanol–water partition coefficient (Wildman–Crippen LogP) is 2.41. The first-order valence-corrected chi connectivity index (χ1v) is 6.00. The van der Waals surface area contributed by atoms with E-state index in [2.05, 4.69) is 5.32 Å². The fourth-order valence-corrected chi connectivity index (χ4v) is 1.76. The molecule has 4 nitrogen and oxygen atoms in total. The van der Waals surface area contributed by atoms with Crippen molar-refractivity contribution in [2.75, 3.05) is 5.32 Å². The van der Waals surface area contributed by atoms with Crippen LogP contribution in [0.25, 0.3) is 0 Å². The maximum Gasteiger partial charge on any atom is 0.259 e. The normalized spacial score (nSPS) is 10.2. The van der Waals surface area contributed by atoms with Gasteiger partial charge in [-0.2, -0.15) is 0 Å². The number of hydrogen-bond acceptors (Lipinski definition) is 3. The predicted molar refractivity (Wildman–Crippen MR) is 75.1 cm³/mol. The molecule has 2 rings (SSSR count). The Morgan fingerprint density at radius 2 is 1.89 bits per heavy atom. The number of nitrogens with two attached hydrogens (primary N) is 1. The van der Waals surface area contributed by atoms with Crippen LogP contribution in [0, 0.1) is 6.92 Å². The van der Waals surface area contributed by atoms with Crippen LogP contribution in [0.4, 0.5) is 5.69 Å². The molecule has 0 aliphatic rings. The smallest absolute Gasteiger partial charge is 0.259 e. The van der Waals surface area contributed by atoms with Gasteiger partial charge < -0.3 is 16.2 Å². The van der Waals surface area contributed by atoms with Crippen molar-refractivity contribution >= 4 is 11.6 Å². The van der Waals surface area contributed by atoms with E-state index in [1.54, 1.807) is 37.3 Å². The van der Waals surface area contributed by atoms with Gasteiger partial charge in [0.05, 0.1) is 5.56 Å². The van der Waals surface area contributed by atoms with E-state index in [0.717, 1.165) is 5.56 Å². The zero-order valence-electron chi connectivity index (χ0n) is 10.7. The van der Waals surface area contributed by atoms with Crippen molar-refractivity contribution in [2.45, 2.75) is 13.5 Å². The number of hydrogen-bond donors (Lipinski definition) is 3. The molecule has 1 amide bonds. The molecule has 4 heteroatoms. The van der Waals surface area contributed by atoms with Crippen molar-refractivity contribution in [3.8, 4) is 5.75 Å². The van der Waals surface area contributed by atoms with Crippen molar-refractivity contribution in [1.29, 1.82) is 0 Å². The minimum absolute atomic E-state index is 0.0126. The largest absolute Gasteiger partial charge is 0.507 e. The molecule has 0 unspecified atom stereocenters. The van der Waals surface area contributed by atoms with E-state index < -0.39 is 0 Å². The third kappa shape index (κ3) is 2.92. The lowest BCUT2D eigenvalue weighted by molar-refractivity contribution is 0.102. The summed E-state index contributed by atoms with van der Waals surface area (Å²) in [6, 6.07) is 12.4. The standard InChI is InChI=1S/C15H16N2O2/c1-10-3-2-4-13(14(10)18)15(19)17-12-7-5-11(9-16)6-8-12/h2-8,18H,9,16H2,1H3,(H,17,19). The Bertz CT molecular complexity index is 592. The maximum absolute atomic E-state index is 12.0. The highest BCUT2D eigenvalue weighted by molar-refractivity contribution is 6.06. The summed E-state index contributed by atoms with van der Waals surface area (Å²) in [7, 11) is 0. The highest BCUT2D eigenvalue weighted by atomic mass is 16.3. The first-order valence-electron chi connectivity index (χ1n) is 6.00.